The Labute approximate surface area is 117 Å². The van der Waals surface area contributed by atoms with E-state index in [1.165, 1.54) is 23.5 Å². The third-order valence-electron chi connectivity index (χ3n) is 2.92. The fourth-order valence-electron chi connectivity index (χ4n) is 1.93. The van der Waals surface area contributed by atoms with Crippen molar-refractivity contribution in [2.75, 3.05) is 7.05 Å². The standard InChI is InChI=1S/C13H12F4N2S/c1-18-10(7-11-19-5-6-20-11)8-3-2-4-9(12(8)14)13(15,16)17/h2-6,10,18H,7H2,1H3. The number of thiazole rings is 1. The average Bonchev–Trinajstić information content (AvgIpc) is 2.88. The van der Waals surface area contributed by atoms with Gasteiger partial charge < -0.3 is 5.32 Å². The Morgan fingerprint density at radius 3 is 2.65 bits per heavy atom. The molecular formula is C13H12F4N2S. The molecule has 0 radical (unpaired) electrons. The summed E-state index contributed by atoms with van der Waals surface area (Å²) >= 11 is 1.38. The van der Waals surface area contributed by atoms with E-state index in [2.05, 4.69) is 10.3 Å². The first-order chi connectivity index (χ1) is 9.43. The van der Waals surface area contributed by atoms with E-state index in [4.69, 9.17) is 0 Å². The van der Waals surface area contributed by atoms with Crippen LogP contribution in [-0.4, -0.2) is 12.0 Å². The third-order valence-corrected chi connectivity index (χ3v) is 3.72. The molecule has 1 unspecified atom stereocenters. The average molecular weight is 304 g/mol. The van der Waals surface area contributed by atoms with Crippen LogP contribution in [0.1, 0.15) is 22.2 Å². The predicted molar refractivity (Wildman–Crippen MR) is 69.0 cm³/mol. The number of halogens is 4. The topological polar surface area (TPSA) is 24.9 Å². The van der Waals surface area contributed by atoms with Gasteiger partial charge in [0.25, 0.3) is 0 Å². The molecule has 1 aromatic carbocycles. The van der Waals surface area contributed by atoms with Crippen LogP contribution in [-0.2, 0) is 12.6 Å². The summed E-state index contributed by atoms with van der Waals surface area (Å²) in [6.45, 7) is 0. The highest BCUT2D eigenvalue weighted by molar-refractivity contribution is 7.09. The van der Waals surface area contributed by atoms with Crippen molar-refractivity contribution in [3.8, 4) is 0 Å². The smallest absolute Gasteiger partial charge is 0.313 e. The summed E-state index contributed by atoms with van der Waals surface area (Å²) in [5.74, 6) is -1.23. The quantitative estimate of drug-likeness (QED) is 0.869. The van der Waals surface area contributed by atoms with E-state index in [0.717, 1.165) is 11.1 Å². The van der Waals surface area contributed by atoms with Gasteiger partial charge >= 0.3 is 6.18 Å². The van der Waals surface area contributed by atoms with Gasteiger partial charge in [0.15, 0.2) is 0 Å². The Balaban J connectivity index is 2.35. The number of aromatic nitrogens is 1. The number of benzene rings is 1. The summed E-state index contributed by atoms with van der Waals surface area (Å²) in [5.41, 5.74) is -1.24. The lowest BCUT2D eigenvalue weighted by Gasteiger charge is -2.18. The first kappa shape index (κ1) is 14.9. The Hall–Kier alpha value is -1.47. The monoisotopic (exact) mass is 304 g/mol. The van der Waals surface area contributed by atoms with Gasteiger partial charge in [0.05, 0.1) is 10.6 Å². The molecule has 1 aromatic heterocycles. The van der Waals surface area contributed by atoms with Crippen LogP contribution in [0.5, 0.6) is 0 Å². The Bertz CT molecular complexity index is 566. The van der Waals surface area contributed by atoms with Gasteiger partial charge in [-0.15, -0.1) is 11.3 Å². The zero-order chi connectivity index (χ0) is 14.8. The zero-order valence-corrected chi connectivity index (χ0v) is 11.4. The van der Waals surface area contributed by atoms with Crippen molar-refractivity contribution in [1.82, 2.24) is 10.3 Å². The first-order valence-corrected chi connectivity index (χ1v) is 6.72. The lowest BCUT2D eigenvalue weighted by molar-refractivity contribution is -0.140. The molecule has 0 saturated carbocycles. The van der Waals surface area contributed by atoms with Gasteiger partial charge in [0.2, 0.25) is 0 Å². The maximum atomic E-state index is 14.1. The highest BCUT2D eigenvalue weighted by atomic mass is 32.1. The fraction of sp³-hybridized carbons (Fsp3) is 0.308. The van der Waals surface area contributed by atoms with Gasteiger partial charge in [-0.3, -0.25) is 0 Å². The van der Waals surface area contributed by atoms with E-state index < -0.39 is 23.6 Å². The maximum absolute atomic E-state index is 14.1. The molecule has 7 heteroatoms. The molecule has 20 heavy (non-hydrogen) atoms. The van der Waals surface area contributed by atoms with Crippen molar-refractivity contribution in [3.63, 3.8) is 0 Å². The summed E-state index contributed by atoms with van der Waals surface area (Å²) < 4.78 is 52.2. The summed E-state index contributed by atoms with van der Waals surface area (Å²) in [6, 6.07) is 2.77. The number of likely N-dealkylation sites (N-methyl/N-ethyl adjacent to an activating group) is 1. The zero-order valence-electron chi connectivity index (χ0n) is 10.5. The number of nitrogens with one attached hydrogen (secondary N) is 1. The number of hydrogen-bond donors (Lipinski definition) is 1. The molecule has 2 aromatic rings. The van der Waals surface area contributed by atoms with Crippen molar-refractivity contribution >= 4 is 11.3 Å². The molecule has 0 aliphatic rings. The molecule has 1 atom stereocenters. The predicted octanol–water partition coefficient (Wildman–Crippen LogP) is 3.80. The van der Waals surface area contributed by atoms with Crippen molar-refractivity contribution in [2.45, 2.75) is 18.6 Å². The minimum Gasteiger partial charge on any atom is -0.313 e. The Morgan fingerprint density at radius 2 is 2.10 bits per heavy atom. The fourth-order valence-corrected chi connectivity index (χ4v) is 2.60. The molecule has 0 bridgehead atoms. The highest BCUT2D eigenvalue weighted by Crippen LogP contribution is 2.34. The van der Waals surface area contributed by atoms with Gasteiger partial charge in [0, 0.05) is 29.6 Å². The van der Waals surface area contributed by atoms with Crippen LogP contribution in [0.15, 0.2) is 29.8 Å². The van der Waals surface area contributed by atoms with Crippen molar-refractivity contribution in [3.05, 3.63) is 51.7 Å². The highest BCUT2D eigenvalue weighted by Gasteiger charge is 2.35. The second kappa shape index (κ2) is 5.88. The van der Waals surface area contributed by atoms with Gasteiger partial charge in [0.1, 0.15) is 5.82 Å². The van der Waals surface area contributed by atoms with Gasteiger partial charge in [-0.1, -0.05) is 12.1 Å². The van der Waals surface area contributed by atoms with Crippen LogP contribution in [0.4, 0.5) is 17.6 Å². The molecule has 0 aliphatic heterocycles. The molecule has 0 saturated heterocycles. The van der Waals surface area contributed by atoms with Crippen LogP contribution in [0.3, 0.4) is 0 Å². The number of nitrogens with zero attached hydrogens (tertiary/aromatic N) is 1. The van der Waals surface area contributed by atoms with Crippen LogP contribution in [0, 0.1) is 5.82 Å². The second-order valence-corrected chi connectivity index (χ2v) is 5.16. The van der Waals surface area contributed by atoms with Crippen molar-refractivity contribution in [1.29, 1.82) is 0 Å². The van der Waals surface area contributed by atoms with Gasteiger partial charge in [-0.05, 0) is 13.1 Å². The van der Waals surface area contributed by atoms with Crippen LogP contribution in [0.25, 0.3) is 0 Å². The molecule has 108 valence electrons. The van der Waals surface area contributed by atoms with Crippen LogP contribution >= 0.6 is 11.3 Å². The summed E-state index contributed by atoms with van der Waals surface area (Å²) in [6.07, 6.45) is -2.75. The number of hydrogen-bond acceptors (Lipinski definition) is 3. The molecule has 0 spiro atoms. The van der Waals surface area contributed by atoms with E-state index >= 15 is 0 Å². The van der Waals surface area contributed by atoms with E-state index in [9.17, 15) is 17.6 Å². The summed E-state index contributed by atoms with van der Waals surface area (Å²) in [5, 5.41) is 5.34. The molecule has 1 N–H and O–H groups in total. The van der Waals surface area contributed by atoms with E-state index in [0.29, 0.717) is 6.42 Å². The van der Waals surface area contributed by atoms with Crippen molar-refractivity contribution in [2.24, 2.45) is 0 Å². The number of rotatable bonds is 4. The molecule has 2 rings (SSSR count). The van der Waals surface area contributed by atoms with Gasteiger partial charge in [-0.2, -0.15) is 13.2 Å². The number of alkyl halides is 3. The first-order valence-electron chi connectivity index (χ1n) is 5.84. The molecular weight excluding hydrogens is 292 g/mol. The van der Waals surface area contributed by atoms with E-state index in [1.54, 1.807) is 18.6 Å². The van der Waals surface area contributed by atoms with Crippen LogP contribution in [0.2, 0.25) is 0 Å². The van der Waals surface area contributed by atoms with E-state index in [-0.39, 0.29) is 5.56 Å². The minimum absolute atomic E-state index is 0.00229. The molecule has 2 nitrogen and oxygen atoms in total. The Kier molecular flexibility index (Phi) is 4.39. The van der Waals surface area contributed by atoms with E-state index in [1.807, 2.05) is 0 Å². The van der Waals surface area contributed by atoms with Crippen molar-refractivity contribution < 1.29 is 17.6 Å². The maximum Gasteiger partial charge on any atom is 0.419 e. The normalized spacial score (nSPS) is 13.4. The SMILES string of the molecule is CNC(Cc1nccs1)c1cccc(C(F)(F)F)c1F. The third kappa shape index (κ3) is 3.16. The molecule has 0 aliphatic carbocycles. The molecule has 0 amide bonds. The molecule has 0 fully saturated rings. The summed E-state index contributed by atoms with van der Waals surface area (Å²) in [4.78, 5) is 4.06. The minimum atomic E-state index is -4.69. The largest absolute Gasteiger partial charge is 0.419 e. The molecule has 1 heterocycles. The lowest BCUT2D eigenvalue weighted by Crippen LogP contribution is -2.21. The Morgan fingerprint density at radius 1 is 1.35 bits per heavy atom. The second-order valence-electron chi connectivity index (χ2n) is 4.18. The van der Waals surface area contributed by atoms with Gasteiger partial charge in [-0.25, -0.2) is 9.37 Å². The summed E-state index contributed by atoms with van der Waals surface area (Å²) in [7, 11) is 1.58. The van der Waals surface area contributed by atoms with Crippen LogP contribution < -0.4 is 5.32 Å². The lowest BCUT2D eigenvalue weighted by atomic mass is 10.0.